The summed E-state index contributed by atoms with van der Waals surface area (Å²) in [6.07, 6.45) is -2.83. The second kappa shape index (κ2) is 8.10. The van der Waals surface area contributed by atoms with E-state index < -0.39 is 17.6 Å². The Bertz CT molecular complexity index is 1050. The van der Waals surface area contributed by atoms with E-state index in [9.17, 15) is 18.0 Å². The van der Waals surface area contributed by atoms with E-state index in [-0.39, 0.29) is 18.2 Å². The number of amides is 1. The lowest BCUT2D eigenvalue weighted by atomic mass is 9.96. The normalized spacial score (nSPS) is 16.1. The second-order valence-corrected chi connectivity index (χ2v) is 7.78. The quantitative estimate of drug-likeness (QED) is 0.648. The molecule has 0 spiro atoms. The van der Waals surface area contributed by atoms with E-state index >= 15 is 0 Å². The number of fused-ring (bicyclic) bond motifs is 1. The Morgan fingerprint density at radius 3 is 2.67 bits per heavy atom. The lowest BCUT2D eigenvalue weighted by Gasteiger charge is -2.30. The molecule has 1 fully saturated rings. The third kappa shape index (κ3) is 4.48. The summed E-state index contributed by atoms with van der Waals surface area (Å²) in [7, 11) is 0. The van der Waals surface area contributed by atoms with Gasteiger partial charge in [0.2, 0.25) is 5.91 Å². The lowest BCUT2D eigenvalue weighted by molar-refractivity contribution is -0.137. The molecule has 8 heteroatoms. The van der Waals surface area contributed by atoms with E-state index in [4.69, 9.17) is 4.98 Å². The summed E-state index contributed by atoms with van der Waals surface area (Å²) >= 11 is 0. The number of nitrogens with one attached hydrogen (secondary N) is 2. The highest BCUT2D eigenvalue weighted by atomic mass is 19.4. The van der Waals surface area contributed by atoms with E-state index in [0.29, 0.717) is 13.1 Å². The molecule has 30 heavy (non-hydrogen) atoms. The fraction of sp³-hybridized carbons (Fsp3) is 0.364. The van der Waals surface area contributed by atoms with Gasteiger partial charge in [0.25, 0.3) is 0 Å². The molecule has 4 rings (SSSR count). The number of benzene rings is 2. The first kappa shape index (κ1) is 20.4. The number of aryl methyl sites for hydroxylation is 1. The van der Waals surface area contributed by atoms with Gasteiger partial charge >= 0.3 is 6.18 Å². The zero-order valence-electron chi connectivity index (χ0n) is 16.6. The van der Waals surface area contributed by atoms with Gasteiger partial charge in [0.05, 0.1) is 28.8 Å². The van der Waals surface area contributed by atoms with E-state index in [1.54, 1.807) is 0 Å². The van der Waals surface area contributed by atoms with Crippen molar-refractivity contribution in [3.05, 3.63) is 59.4 Å². The van der Waals surface area contributed by atoms with E-state index in [2.05, 4.69) is 16.4 Å². The third-order valence-corrected chi connectivity index (χ3v) is 5.50. The number of imidazole rings is 1. The Kier molecular flexibility index (Phi) is 5.51. The van der Waals surface area contributed by atoms with Crippen molar-refractivity contribution in [2.75, 3.05) is 25.0 Å². The molecule has 0 atom stereocenters. The molecule has 0 radical (unpaired) electrons. The first-order valence-corrected chi connectivity index (χ1v) is 9.94. The van der Waals surface area contributed by atoms with E-state index in [0.717, 1.165) is 35.8 Å². The van der Waals surface area contributed by atoms with Crippen LogP contribution < -0.4 is 5.32 Å². The molecule has 1 aliphatic heterocycles. The fourth-order valence-corrected chi connectivity index (χ4v) is 3.93. The summed E-state index contributed by atoms with van der Waals surface area (Å²) < 4.78 is 39.3. The molecule has 0 bridgehead atoms. The highest BCUT2D eigenvalue weighted by molar-refractivity contribution is 5.93. The van der Waals surface area contributed by atoms with E-state index in [1.807, 2.05) is 24.0 Å². The van der Waals surface area contributed by atoms with Gasteiger partial charge in [-0.2, -0.15) is 13.2 Å². The molecule has 2 aromatic carbocycles. The first-order chi connectivity index (χ1) is 14.3. The van der Waals surface area contributed by atoms with Crippen LogP contribution in [0.1, 0.15) is 35.7 Å². The van der Waals surface area contributed by atoms with Gasteiger partial charge in [-0.1, -0.05) is 18.2 Å². The van der Waals surface area contributed by atoms with Crippen molar-refractivity contribution in [3.8, 4) is 0 Å². The van der Waals surface area contributed by atoms with Crippen LogP contribution in [0.3, 0.4) is 0 Å². The first-order valence-electron chi connectivity index (χ1n) is 9.94. The van der Waals surface area contributed by atoms with Crippen molar-refractivity contribution >= 4 is 22.6 Å². The predicted octanol–water partition coefficient (Wildman–Crippen LogP) is 4.71. The van der Waals surface area contributed by atoms with Crippen LogP contribution in [0, 0.1) is 6.92 Å². The summed E-state index contributed by atoms with van der Waals surface area (Å²) in [6.45, 7) is 3.49. The van der Waals surface area contributed by atoms with Crippen LogP contribution in [0.2, 0.25) is 0 Å². The molecule has 1 aromatic heterocycles. The Hall–Kier alpha value is -2.87. The van der Waals surface area contributed by atoms with Gasteiger partial charge in [-0.25, -0.2) is 4.98 Å². The molecule has 158 valence electrons. The number of carbonyl (C=O) groups excluding carboxylic acids is 1. The molecule has 0 aliphatic carbocycles. The summed E-state index contributed by atoms with van der Waals surface area (Å²) in [6, 6.07) is 11.1. The minimum absolute atomic E-state index is 0.0677. The molecule has 0 unspecified atom stereocenters. The van der Waals surface area contributed by atoms with Gasteiger partial charge in [0, 0.05) is 5.92 Å². The number of para-hydroxylation sites is 1. The number of carbonyl (C=O) groups is 1. The Balaban J connectivity index is 1.34. The molecule has 1 saturated heterocycles. The van der Waals surface area contributed by atoms with E-state index in [1.165, 1.54) is 23.8 Å². The van der Waals surface area contributed by atoms with Gasteiger partial charge in [0.15, 0.2) is 0 Å². The maximum atomic E-state index is 13.1. The number of aromatic nitrogens is 2. The molecule has 2 N–H and O–H groups in total. The van der Waals surface area contributed by atoms with Gasteiger partial charge in [-0.05, 0) is 62.7 Å². The molecule has 2 heterocycles. The maximum Gasteiger partial charge on any atom is 0.418 e. The van der Waals surface area contributed by atoms with Crippen LogP contribution in [0.15, 0.2) is 42.5 Å². The number of likely N-dealkylation sites (tertiary alicyclic amines) is 1. The Morgan fingerprint density at radius 1 is 1.20 bits per heavy atom. The Morgan fingerprint density at radius 2 is 1.93 bits per heavy atom. The maximum absolute atomic E-state index is 13.1. The number of nitrogens with zero attached hydrogens (tertiary/aromatic N) is 2. The van der Waals surface area contributed by atoms with Crippen LogP contribution in [-0.2, 0) is 11.0 Å². The predicted molar refractivity (Wildman–Crippen MR) is 109 cm³/mol. The monoisotopic (exact) mass is 416 g/mol. The second-order valence-electron chi connectivity index (χ2n) is 7.78. The zero-order chi connectivity index (χ0) is 21.3. The standard InChI is InChI=1S/C22H23F3N4O/c1-14-6-7-18-19(12-14)28-21(27-18)15-8-10-29(11-9-15)13-20(30)26-17-5-3-2-4-16(17)22(23,24)25/h2-7,12,15H,8-11,13H2,1H3,(H,26,30)(H,27,28). The number of rotatable bonds is 4. The van der Waals surface area contributed by atoms with Crippen molar-refractivity contribution < 1.29 is 18.0 Å². The number of halogens is 3. The summed E-state index contributed by atoms with van der Waals surface area (Å²) in [5.41, 5.74) is 2.10. The molecule has 3 aromatic rings. The van der Waals surface area contributed by atoms with Crippen LogP contribution >= 0.6 is 0 Å². The summed E-state index contributed by atoms with van der Waals surface area (Å²) in [5, 5.41) is 2.41. The molecular formula is C22H23F3N4O. The summed E-state index contributed by atoms with van der Waals surface area (Å²) in [5.74, 6) is 0.797. The number of hydrogen-bond acceptors (Lipinski definition) is 3. The number of alkyl halides is 3. The van der Waals surface area contributed by atoms with Crippen LogP contribution in [0.4, 0.5) is 18.9 Å². The fourth-order valence-electron chi connectivity index (χ4n) is 3.93. The average molecular weight is 416 g/mol. The van der Waals surface area contributed by atoms with Crippen molar-refractivity contribution in [3.63, 3.8) is 0 Å². The smallest absolute Gasteiger partial charge is 0.342 e. The largest absolute Gasteiger partial charge is 0.418 e. The van der Waals surface area contributed by atoms with Gasteiger partial charge < -0.3 is 10.3 Å². The van der Waals surface area contributed by atoms with Crippen LogP contribution in [0.25, 0.3) is 11.0 Å². The zero-order valence-corrected chi connectivity index (χ0v) is 16.6. The summed E-state index contributed by atoms with van der Waals surface area (Å²) in [4.78, 5) is 22.4. The highest BCUT2D eigenvalue weighted by Gasteiger charge is 2.33. The third-order valence-electron chi connectivity index (χ3n) is 5.50. The van der Waals surface area contributed by atoms with Gasteiger partial charge in [-0.15, -0.1) is 0 Å². The van der Waals surface area contributed by atoms with Gasteiger partial charge in [0.1, 0.15) is 5.82 Å². The highest BCUT2D eigenvalue weighted by Crippen LogP contribution is 2.34. The number of H-pyrrole nitrogens is 1. The number of anilines is 1. The minimum Gasteiger partial charge on any atom is -0.342 e. The SMILES string of the molecule is Cc1ccc2nc(C3CCN(CC(=O)Nc4ccccc4C(F)(F)F)CC3)[nH]c2c1. The molecule has 5 nitrogen and oxygen atoms in total. The Labute approximate surface area is 172 Å². The van der Waals surface area contributed by atoms with Crippen LogP contribution in [-0.4, -0.2) is 40.4 Å². The average Bonchev–Trinajstić information content (AvgIpc) is 3.11. The van der Waals surface area contributed by atoms with Crippen LogP contribution in [0.5, 0.6) is 0 Å². The minimum atomic E-state index is -4.51. The molecule has 1 aliphatic rings. The topological polar surface area (TPSA) is 61.0 Å². The van der Waals surface area contributed by atoms with Gasteiger partial charge in [-0.3, -0.25) is 9.69 Å². The number of aromatic amines is 1. The number of piperidine rings is 1. The molecule has 1 amide bonds. The molecular weight excluding hydrogens is 393 g/mol. The van der Waals surface area contributed by atoms with Crippen molar-refractivity contribution in [1.82, 2.24) is 14.9 Å². The molecule has 0 saturated carbocycles. The lowest BCUT2D eigenvalue weighted by Crippen LogP contribution is -2.39. The van der Waals surface area contributed by atoms with Crippen molar-refractivity contribution in [2.24, 2.45) is 0 Å². The van der Waals surface area contributed by atoms with Crippen molar-refractivity contribution in [2.45, 2.75) is 31.9 Å². The van der Waals surface area contributed by atoms with Crippen molar-refractivity contribution in [1.29, 1.82) is 0 Å². The number of hydrogen-bond donors (Lipinski definition) is 2.